The third-order valence-corrected chi connectivity index (χ3v) is 7.36. The molecule has 2 saturated heterocycles. The van der Waals surface area contributed by atoms with Crippen LogP contribution in [0.4, 0.5) is 0 Å². The predicted molar refractivity (Wildman–Crippen MR) is 155 cm³/mol. The highest BCUT2D eigenvalue weighted by Crippen LogP contribution is 2.18. The number of likely N-dealkylation sites (tertiary alicyclic amines) is 2. The molecule has 4 heterocycles. The molecule has 0 spiro atoms. The van der Waals surface area contributed by atoms with E-state index in [9.17, 15) is 19.2 Å². The van der Waals surface area contributed by atoms with Crippen LogP contribution in [0, 0.1) is 0 Å². The number of nitrogens with zero attached hydrogens (tertiary/aromatic N) is 4. The molecule has 4 amide bonds. The summed E-state index contributed by atoms with van der Waals surface area (Å²) in [4.78, 5) is 51.1. The molecule has 12 heteroatoms. The Hall–Kier alpha value is -3.70. The number of hydrogen-bond acceptors (Lipinski definition) is 6. The van der Waals surface area contributed by atoms with E-state index in [4.69, 9.17) is 0 Å². The van der Waals surface area contributed by atoms with Gasteiger partial charge in [-0.15, -0.1) is 0 Å². The van der Waals surface area contributed by atoms with Gasteiger partial charge in [0.25, 0.3) is 11.8 Å². The quantitative estimate of drug-likeness (QED) is 0.363. The minimum absolute atomic E-state index is 0.0335. The van der Waals surface area contributed by atoms with E-state index in [2.05, 4.69) is 44.9 Å². The number of aromatic nitrogens is 4. The Labute approximate surface area is 242 Å². The second-order valence-corrected chi connectivity index (χ2v) is 11.4. The minimum Gasteiger partial charge on any atom is -0.352 e. The van der Waals surface area contributed by atoms with Gasteiger partial charge in [0.15, 0.2) is 0 Å². The first-order valence-electron chi connectivity index (χ1n) is 14.8. The smallest absolute Gasteiger partial charge is 0.274 e. The largest absolute Gasteiger partial charge is 0.352 e. The number of H-pyrrole nitrogens is 2. The molecule has 2 aromatic rings. The van der Waals surface area contributed by atoms with Crippen molar-refractivity contribution in [1.29, 1.82) is 0 Å². The summed E-state index contributed by atoms with van der Waals surface area (Å²) in [6.07, 6.45) is 3.47. The zero-order valence-corrected chi connectivity index (χ0v) is 25.2. The molecule has 4 rings (SSSR count). The third-order valence-electron chi connectivity index (χ3n) is 7.36. The number of amides is 4. The standard InChI is InChI=1S/C15H24N4O2.C14H22N4O2/c1-4-5-14(20)16-11-6-7-19(9-11)15(21)13-8-12(10(2)3)17-18-13;1-4-13(19)15-10-5-6-18(8-10)14(20)12-7-11(9(2)3)16-17-12/h8,10-11H,4-7,9H2,1-3H3,(H,16,20)(H,17,18);7,9-10H,4-6,8H2,1-3H3,(H,15,19)(H,16,17). The summed E-state index contributed by atoms with van der Waals surface area (Å²) < 4.78 is 0. The summed E-state index contributed by atoms with van der Waals surface area (Å²) in [6.45, 7) is 14.5. The van der Waals surface area contributed by atoms with Crippen molar-refractivity contribution in [2.45, 2.75) is 97.6 Å². The summed E-state index contributed by atoms with van der Waals surface area (Å²) >= 11 is 0. The maximum Gasteiger partial charge on any atom is 0.274 e. The highest BCUT2D eigenvalue weighted by atomic mass is 16.2. The van der Waals surface area contributed by atoms with Gasteiger partial charge < -0.3 is 20.4 Å². The number of rotatable bonds is 9. The van der Waals surface area contributed by atoms with Crippen LogP contribution in [0.5, 0.6) is 0 Å². The fourth-order valence-electron chi connectivity index (χ4n) is 4.79. The van der Waals surface area contributed by atoms with Crippen LogP contribution in [-0.4, -0.2) is 92.1 Å². The van der Waals surface area contributed by atoms with Crippen molar-refractivity contribution in [3.63, 3.8) is 0 Å². The number of carbonyl (C=O) groups excluding carboxylic acids is 4. The van der Waals surface area contributed by atoms with Crippen LogP contribution in [0.2, 0.25) is 0 Å². The van der Waals surface area contributed by atoms with Gasteiger partial charge in [0.05, 0.1) is 0 Å². The maximum absolute atomic E-state index is 12.4. The summed E-state index contributed by atoms with van der Waals surface area (Å²) in [6, 6.07) is 3.76. The molecule has 0 radical (unpaired) electrons. The van der Waals surface area contributed by atoms with E-state index in [-0.39, 0.29) is 35.7 Å². The minimum atomic E-state index is -0.0682. The highest BCUT2D eigenvalue weighted by molar-refractivity contribution is 5.93. The zero-order valence-electron chi connectivity index (χ0n) is 25.2. The molecule has 4 N–H and O–H groups in total. The summed E-state index contributed by atoms with van der Waals surface area (Å²) in [5.41, 5.74) is 2.84. The number of nitrogens with one attached hydrogen (secondary N) is 4. The number of carbonyl (C=O) groups is 4. The van der Waals surface area contributed by atoms with Gasteiger partial charge in [0.2, 0.25) is 11.8 Å². The van der Waals surface area contributed by atoms with Crippen LogP contribution in [0.15, 0.2) is 12.1 Å². The van der Waals surface area contributed by atoms with Crippen molar-refractivity contribution >= 4 is 23.6 Å². The lowest BCUT2D eigenvalue weighted by molar-refractivity contribution is -0.122. The monoisotopic (exact) mass is 570 g/mol. The molecule has 0 aliphatic carbocycles. The number of aromatic amines is 2. The molecule has 12 nitrogen and oxygen atoms in total. The van der Waals surface area contributed by atoms with E-state index in [0.29, 0.717) is 62.2 Å². The van der Waals surface area contributed by atoms with Gasteiger partial charge in [-0.2, -0.15) is 10.2 Å². The SMILES string of the molecule is CCC(=O)NC1CCN(C(=O)c2cc(C(C)C)[nH]n2)C1.CCCC(=O)NC1CCN(C(=O)c2cc(C(C)C)[nH]n2)C1. The molecule has 226 valence electrons. The van der Waals surface area contributed by atoms with E-state index in [0.717, 1.165) is 30.7 Å². The predicted octanol–water partition coefficient (Wildman–Crippen LogP) is 2.94. The van der Waals surface area contributed by atoms with Crippen LogP contribution in [0.1, 0.15) is 118 Å². The Morgan fingerprint density at radius 1 is 0.805 bits per heavy atom. The van der Waals surface area contributed by atoms with Gasteiger partial charge in [-0.3, -0.25) is 29.4 Å². The van der Waals surface area contributed by atoms with E-state index >= 15 is 0 Å². The Kier molecular flexibility index (Phi) is 11.5. The zero-order chi connectivity index (χ0) is 30.1. The van der Waals surface area contributed by atoms with Gasteiger partial charge in [-0.1, -0.05) is 41.5 Å². The number of hydrogen-bond donors (Lipinski definition) is 4. The average Bonchev–Trinajstić information content (AvgIpc) is 3.75. The van der Waals surface area contributed by atoms with Crippen LogP contribution < -0.4 is 10.6 Å². The van der Waals surface area contributed by atoms with Gasteiger partial charge in [0, 0.05) is 62.5 Å². The van der Waals surface area contributed by atoms with Crippen LogP contribution in [0.3, 0.4) is 0 Å². The molecule has 2 unspecified atom stereocenters. The van der Waals surface area contributed by atoms with Crippen LogP contribution in [0.25, 0.3) is 0 Å². The normalized spacial score (nSPS) is 18.4. The first-order valence-corrected chi connectivity index (χ1v) is 14.8. The molecule has 0 saturated carbocycles. The van der Waals surface area contributed by atoms with Crippen molar-refractivity contribution in [2.24, 2.45) is 0 Å². The summed E-state index contributed by atoms with van der Waals surface area (Å²) in [7, 11) is 0. The van der Waals surface area contributed by atoms with Crippen molar-refractivity contribution in [2.75, 3.05) is 26.2 Å². The van der Waals surface area contributed by atoms with Gasteiger partial charge in [-0.25, -0.2) is 0 Å². The molecule has 2 aliphatic heterocycles. The Morgan fingerprint density at radius 3 is 1.61 bits per heavy atom. The lowest BCUT2D eigenvalue weighted by atomic mass is 10.1. The van der Waals surface area contributed by atoms with E-state index < -0.39 is 0 Å². The van der Waals surface area contributed by atoms with Gasteiger partial charge >= 0.3 is 0 Å². The Morgan fingerprint density at radius 2 is 1.24 bits per heavy atom. The fraction of sp³-hybridized carbons (Fsp3) is 0.655. The molecule has 0 bridgehead atoms. The molecule has 2 aliphatic rings. The Balaban J connectivity index is 0.000000226. The molecular formula is C29H46N8O4. The van der Waals surface area contributed by atoms with Crippen molar-refractivity contribution in [3.05, 3.63) is 34.9 Å². The molecule has 0 aromatic carbocycles. The molecule has 2 aromatic heterocycles. The first-order chi connectivity index (χ1) is 19.5. The average molecular weight is 571 g/mol. The van der Waals surface area contributed by atoms with Crippen molar-refractivity contribution in [1.82, 2.24) is 40.8 Å². The van der Waals surface area contributed by atoms with E-state index in [1.54, 1.807) is 9.80 Å². The van der Waals surface area contributed by atoms with E-state index in [1.807, 2.05) is 39.8 Å². The van der Waals surface area contributed by atoms with Gasteiger partial charge in [-0.05, 0) is 43.2 Å². The topological polar surface area (TPSA) is 156 Å². The molecule has 2 atom stereocenters. The third kappa shape index (κ3) is 8.89. The summed E-state index contributed by atoms with van der Waals surface area (Å²) in [5, 5.41) is 19.9. The van der Waals surface area contributed by atoms with Gasteiger partial charge in [0.1, 0.15) is 11.4 Å². The van der Waals surface area contributed by atoms with Crippen molar-refractivity contribution < 1.29 is 19.2 Å². The highest BCUT2D eigenvalue weighted by Gasteiger charge is 2.30. The molecule has 2 fully saturated rings. The first kappa shape index (κ1) is 31.8. The van der Waals surface area contributed by atoms with Crippen LogP contribution in [-0.2, 0) is 9.59 Å². The Bertz CT molecular complexity index is 1190. The lowest BCUT2D eigenvalue weighted by Crippen LogP contribution is -2.38. The second kappa shape index (κ2) is 14.8. The molecule has 41 heavy (non-hydrogen) atoms. The fourth-order valence-corrected chi connectivity index (χ4v) is 4.79. The van der Waals surface area contributed by atoms with Crippen LogP contribution >= 0.6 is 0 Å². The van der Waals surface area contributed by atoms with Crippen molar-refractivity contribution in [3.8, 4) is 0 Å². The summed E-state index contributed by atoms with van der Waals surface area (Å²) in [5.74, 6) is 0.606. The second-order valence-electron chi connectivity index (χ2n) is 11.4. The van der Waals surface area contributed by atoms with E-state index in [1.165, 1.54) is 0 Å². The lowest BCUT2D eigenvalue weighted by Gasteiger charge is -2.15. The molecular weight excluding hydrogens is 524 g/mol. The maximum atomic E-state index is 12.4.